The highest BCUT2D eigenvalue weighted by Crippen LogP contribution is 2.66. The topological polar surface area (TPSA) is 157 Å². The number of phenolic OH excluding ortho intramolecular Hbond substituents is 1. The van der Waals surface area contributed by atoms with E-state index in [0.717, 1.165) is 63.1 Å². The maximum absolute atomic E-state index is 12.7. The summed E-state index contributed by atoms with van der Waals surface area (Å²) in [5.74, 6) is 0.626. The van der Waals surface area contributed by atoms with Gasteiger partial charge in [-0.2, -0.15) is 0 Å². The highest BCUT2D eigenvalue weighted by Gasteiger charge is 2.59. The van der Waals surface area contributed by atoms with Crippen molar-refractivity contribution in [1.82, 2.24) is 5.32 Å². The van der Waals surface area contributed by atoms with Gasteiger partial charge in [0, 0.05) is 18.4 Å². The Kier molecular flexibility index (Phi) is 8.87. The van der Waals surface area contributed by atoms with Gasteiger partial charge in [0.05, 0.1) is 17.7 Å². The number of aromatic hydroxyl groups is 1. The average molecular weight is 610 g/mol. The second-order valence-electron chi connectivity index (χ2n) is 13.6. The molecule has 3 fully saturated rings. The van der Waals surface area contributed by atoms with Gasteiger partial charge in [-0.3, -0.25) is 19.7 Å². The van der Waals surface area contributed by atoms with Gasteiger partial charge in [-0.05, 0) is 105 Å². The summed E-state index contributed by atoms with van der Waals surface area (Å²) in [4.78, 5) is 53.3. The number of hydrogen-bond donors (Lipinski definition) is 2. The molecule has 1 aromatic rings. The van der Waals surface area contributed by atoms with Crippen LogP contribution >= 0.6 is 0 Å². The molecular weight excluding hydrogens is 566 g/mol. The molecule has 0 unspecified atom stereocenters. The lowest BCUT2D eigenvalue weighted by molar-refractivity contribution is -0.385. The summed E-state index contributed by atoms with van der Waals surface area (Å²) in [6.07, 6.45) is 10.4. The van der Waals surface area contributed by atoms with Crippen molar-refractivity contribution in [2.45, 2.75) is 84.6 Å². The fraction of sp³-hybridized carbons (Fsp3) is 0.636. The first-order valence-electron chi connectivity index (χ1n) is 15.6. The fourth-order valence-corrected chi connectivity index (χ4v) is 9.13. The number of rotatable bonds is 9. The number of fused-ring (bicyclic) bond motifs is 5. The predicted molar refractivity (Wildman–Crippen MR) is 162 cm³/mol. The Morgan fingerprint density at radius 1 is 1.14 bits per heavy atom. The number of carbonyl (C=O) groups is 3. The standard InChI is InChI=1S/C33H43N3O8/c1-19(37)24-8-9-25-23-7-6-21-17-22(11-13-32(21,2)26(23)12-14-33(24,25)3)35-44-18-30(39)34-27(31(40)43-4)15-20-5-10-29(38)28(16-20)36(41)42/h5,10,16-17,23-27,38H,6-9,11-15,18H2,1-4H3,(H,34,39)/t23-,24-,25+,26-,27+,32+,33-/m1/s1. The van der Waals surface area contributed by atoms with Crippen molar-refractivity contribution in [1.29, 1.82) is 0 Å². The summed E-state index contributed by atoms with van der Waals surface area (Å²) in [6, 6.07) is 2.65. The number of hydrogen-bond acceptors (Lipinski definition) is 9. The van der Waals surface area contributed by atoms with E-state index in [2.05, 4.69) is 30.4 Å². The van der Waals surface area contributed by atoms with Crippen molar-refractivity contribution in [3.05, 3.63) is 45.5 Å². The van der Waals surface area contributed by atoms with E-state index in [9.17, 15) is 29.6 Å². The first-order valence-corrected chi connectivity index (χ1v) is 15.6. The zero-order valence-electron chi connectivity index (χ0n) is 26.0. The molecular formula is C33H43N3O8. The fourth-order valence-electron chi connectivity index (χ4n) is 9.13. The molecule has 0 radical (unpaired) electrons. The molecule has 0 saturated heterocycles. The Balaban J connectivity index is 1.19. The number of Topliss-reactive ketones (excluding diaryl/α,β-unsaturated/α-hetero) is 1. The smallest absolute Gasteiger partial charge is 0.328 e. The zero-order valence-corrected chi connectivity index (χ0v) is 26.0. The molecule has 11 nitrogen and oxygen atoms in total. The number of amides is 1. The number of oxime groups is 1. The molecule has 44 heavy (non-hydrogen) atoms. The molecule has 2 N–H and O–H groups in total. The second-order valence-corrected chi connectivity index (χ2v) is 13.6. The van der Waals surface area contributed by atoms with Gasteiger partial charge in [0.1, 0.15) is 11.8 Å². The molecule has 0 heterocycles. The summed E-state index contributed by atoms with van der Waals surface area (Å²) in [5, 5.41) is 27.7. The van der Waals surface area contributed by atoms with Crippen LogP contribution in [-0.4, -0.2) is 53.2 Å². The number of nitrogens with one attached hydrogen (secondary N) is 1. The summed E-state index contributed by atoms with van der Waals surface area (Å²) >= 11 is 0. The Morgan fingerprint density at radius 3 is 2.61 bits per heavy atom. The van der Waals surface area contributed by atoms with Crippen LogP contribution in [-0.2, 0) is 30.4 Å². The maximum Gasteiger partial charge on any atom is 0.328 e. The number of phenols is 1. The van der Waals surface area contributed by atoms with Crippen LogP contribution in [0.5, 0.6) is 5.75 Å². The lowest BCUT2D eigenvalue weighted by atomic mass is 9.46. The van der Waals surface area contributed by atoms with Crippen LogP contribution in [0.3, 0.4) is 0 Å². The minimum Gasteiger partial charge on any atom is -0.502 e. The summed E-state index contributed by atoms with van der Waals surface area (Å²) in [7, 11) is 1.18. The molecule has 4 aliphatic carbocycles. The van der Waals surface area contributed by atoms with E-state index < -0.39 is 40.9 Å². The zero-order chi connectivity index (χ0) is 31.8. The third-order valence-corrected chi connectivity index (χ3v) is 11.3. The number of nitrogens with zero attached hydrogens (tertiary/aromatic N) is 2. The Labute approximate surface area is 257 Å². The molecule has 0 spiro atoms. The normalized spacial score (nSPS) is 32.4. The van der Waals surface area contributed by atoms with E-state index in [-0.39, 0.29) is 23.2 Å². The number of carbonyl (C=O) groups excluding carboxylic acids is 3. The van der Waals surface area contributed by atoms with E-state index in [1.165, 1.54) is 24.8 Å². The van der Waals surface area contributed by atoms with E-state index >= 15 is 0 Å². The van der Waals surface area contributed by atoms with E-state index in [1.54, 1.807) is 6.92 Å². The van der Waals surface area contributed by atoms with E-state index in [1.807, 2.05) is 0 Å². The van der Waals surface area contributed by atoms with Crippen molar-refractivity contribution in [3.8, 4) is 5.75 Å². The summed E-state index contributed by atoms with van der Waals surface area (Å²) in [5.41, 5.74) is 2.30. The molecule has 5 rings (SSSR count). The molecule has 7 atom stereocenters. The lowest BCUT2D eigenvalue weighted by Gasteiger charge is -2.58. The van der Waals surface area contributed by atoms with Crippen LogP contribution in [0.1, 0.15) is 77.7 Å². The minimum absolute atomic E-state index is 0.0731. The largest absolute Gasteiger partial charge is 0.502 e. The average Bonchev–Trinajstić information content (AvgIpc) is 3.35. The van der Waals surface area contributed by atoms with Crippen LogP contribution in [0.2, 0.25) is 0 Å². The summed E-state index contributed by atoms with van der Waals surface area (Å²) < 4.78 is 4.80. The van der Waals surface area contributed by atoms with Gasteiger partial charge in [-0.25, -0.2) is 4.79 Å². The van der Waals surface area contributed by atoms with Crippen molar-refractivity contribution in [2.24, 2.45) is 39.7 Å². The van der Waals surface area contributed by atoms with Gasteiger partial charge in [-0.1, -0.05) is 30.6 Å². The first-order chi connectivity index (χ1) is 20.9. The van der Waals surface area contributed by atoms with Crippen molar-refractivity contribution >= 4 is 29.1 Å². The number of ketones is 1. The summed E-state index contributed by atoms with van der Waals surface area (Å²) in [6.45, 7) is 6.13. The second kappa shape index (κ2) is 12.3. The maximum atomic E-state index is 12.7. The van der Waals surface area contributed by atoms with Gasteiger partial charge in [0.25, 0.3) is 5.91 Å². The molecule has 0 aromatic heterocycles. The third-order valence-electron chi connectivity index (χ3n) is 11.3. The number of ether oxygens (including phenoxy) is 1. The van der Waals surface area contributed by atoms with Crippen LogP contribution in [0.15, 0.2) is 35.0 Å². The highest BCUT2D eigenvalue weighted by molar-refractivity contribution is 5.96. The third kappa shape index (κ3) is 5.85. The minimum atomic E-state index is -1.11. The van der Waals surface area contributed by atoms with E-state index in [4.69, 9.17) is 9.57 Å². The van der Waals surface area contributed by atoms with Crippen molar-refractivity contribution in [2.75, 3.05) is 13.7 Å². The predicted octanol–water partition coefficient (Wildman–Crippen LogP) is 5.04. The first kappa shape index (κ1) is 31.7. The van der Waals surface area contributed by atoms with Gasteiger partial charge < -0.3 is 20.0 Å². The Bertz CT molecular complexity index is 1410. The molecule has 0 aliphatic heterocycles. The van der Waals surface area contributed by atoms with E-state index in [0.29, 0.717) is 29.1 Å². The molecule has 4 aliphatic rings. The Morgan fingerprint density at radius 2 is 1.91 bits per heavy atom. The van der Waals surface area contributed by atoms with Gasteiger partial charge in [0.15, 0.2) is 12.4 Å². The molecule has 238 valence electrons. The lowest BCUT2D eigenvalue weighted by Crippen LogP contribution is -2.51. The van der Waals surface area contributed by atoms with Crippen LogP contribution in [0.4, 0.5) is 5.69 Å². The number of allylic oxidation sites excluding steroid dienone is 2. The Hall–Kier alpha value is -3.76. The molecule has 1 aromatic carbocycles. The number of nitro groups is 1. The van der Waals surface area contributed by atoms with Crippen LogP contribution in [0.25, 0.3) is 0 Å². The number of nitro benzene ring substituents is 1. The number of benzene rings is 1. The quantitative estimate of drug-likeness (QED) is 0.224. The van der Waals surface area contributed by atoms with Crippen LogP contribution < -0.4 is 5.32 Å². The SMILES string of the molecule is COC(=O)[C@H](Cc1ccc(O)c([N+](=O)[O-])c1)NC(=O)CON=C1C=C2CC[C@H]3[C@@H](CC[C@]4(C)[C@@H](C(C)=O)CC[C@@H]34)[C@@]2(C)CC1. The number of esters is 1. The highest BCUT2D eigenvalue weighted by atomic mass is 16.6. The monoisotopic (exact) mass is 609 g/mol. The number of methoxy groups -OCH3 is 1. The molecule has 3 saturated carbocycles. The van der Waals surface area contributed by atoms with Gasteiger partial charge in [-0.15, -0.1) is 0 Å². The molecule has 11 heteroatoms. The van der Waals surface area contributed by atoms with Crippen molar-refractivity contribution in [3.63, 3.8) is 0 Å². The molecule has 0 bridgehead atoms. The van der Waals surface area contributed by atoms with Gasteiger partial charge in [0.2, 0.25) is 0 Å². The van der Waals surface area contributed by atoms with Gasteiger partial charge >= 0.3 is 11.7 Å². The molecule has 1 amide bonds. The van der Waals surface area contributed by atoms with Crippen molar-refractivity contribution < 1.29 is 34.0 Å². The van der Waals surface area contributed by atoms with Crippen LogP contribution in [0, 0.1) is 44.6 Å².